The lowest BCUT2D eigenvalue weighted by Gasteiger charge is -2.12. The van der Waals surface area contributed by atoms with E-state index in [2.05, 4.69) is 20.5 Å². The van der Waals surface area contributed by atoms with E-state index in [1.165, 1.54) is 4.90 Å². The highest BCUT2D eigenvalue weighted by molar-refractivity contribution is 9.10. The van der Waals surface area contributed by atoms with Crippen molar-refractivity contribution in [2.75, 3.05) is 0 Å². The van der Waals surface area contributed by atoms with Gasteiger partial charge in [0, 0.05) is 33.7 Å². The molecule has 1 aliphatic rings. The van der Waals surface area contributed by atoms with Crippen LogP contribution in [-0.2, 0) is 17.9 Å². The zero-order chi connectivity index (χ0) is 23.8. The average Bonchev–Trinajstić information content (AvgIpc) is 3.30. The van der Waals surface area contributed by atoms with E-state index in [-0.39, 0.29) is 17.7 Å². The van der Waals surface area contributed by atoms with Gasteiger partial charge in [-0.3, -0.25) is 14.5 Å². The molecule has 3 aromatic carbocycles. The monoisotopic (exact) mass is 570 g/mol. The summed E-state index contributed by atoms with van der Waals surface area (Å²) in [4.78, 5) is 27.4. The van der Waals surface area contributed by atoms with E-state index in [0.29, 0.717) is 21.5 Å². The number of imide groups is 1. The van der Waals surface area contributed by atoms with Crippen LogP contribution < -0.4 is 0 Å². The molecule has 1 fully saturated rings. The Bertz CT molecular complexity index is 1460. The van der Waals surface area contributed by atoms with Crippen LogP contribution in [0.4, 0.5) is 4.79 Å². The van der Waals surface area contributed by atoms with Crippen LogP contribution in [0, 0.1) is 0 Å². The van der Waals surface area contributed by atoms with Crippen LogP contribution >= 0.6 is 50.9 Å². The summed E-state index contributed by atoms with van der Waals surface area (Å²) in [5, 5.41) is 1.76. The van der Waals surface area contributed by atoms with Crippen LogP contribution in [0.3, 0.4) is 0 Å². The molecule has 0 unspecified atom stereocenters. The van der Waals surface area contributed by atoms with E-state index in [1.54, 1.807) is 12.1 Å². The molecule has 0 aliphatic carbocycles. The molecule has 170 valence electrons. The highest BCUT2D eigenvalue weighted by atomic mass is 79.9. The van der Waals surface area contributed by atoms with Crippen molar-refractivity contribution in [2.24, 2.45) is 0 Å². The molecule has 0 radical (unpaired) electrons. The van der Waals surface area contributed by atoms with Gasteiger partial charge in [0.2, 0.25) is 0 Å². The van der Waals surface area contributed by atoms with Gasteiger partial charge < -0.3 is 4.57 Å². The molecule has 2 heterocycles. The molecular formula is C26H17BrCl2N2O2S. The van der Waals surface area contributed by atoms with E-state index in [4.69, 9.17) is 23.2 Å². The standard InChI is InChI=1S/C26H17BrCl2N2O2S/c27-19-8-5-16(6-9-19)14-31-25(32)24(34-26(31)33)12-18-15-30(23-4-2-1-3-20(18)23)13-17-7-10-21(28)22(29)11-17/h1-12,15H,13-14H2/b24-12-. The molecular weight excluding hydrogens is 555 g/mol. The Balaban J connectivity index is 1.45. The first kappa shape index (κ1) is 23.2. The van der Waals surface area contributed by atoms with Crippen molar-refractivity contribution in [3.63, 3.8) is 0 Å². The topological polar surface area (TPSA) is 42.3 Å². The van der Waals surface area contributed by atoms with Gasteiger partial charge in [-0.25, -0.2) is 0 Å². The third kappa shape index (κ3) is 4.68. The Kier molecular flexibility index (Phi) is 6.58. The molecule has 5 rings (SSSR count). The number of carbonyl (C=O) groups is 2. The summed E-state index contributed by atoms with van der Waals surface area (Å²) >= 11 is 16.6. The predicted octanol–water partition coefficient (Wildman–Crippen LogP) is 8.00. The summed E-state index contributed by atoms with van der Waals surface area (Å²) in [6.45, 7) is 0.838. The average molecular weight is 572 g/mol. The fraction of sp³-hybridized carbons (Fsp3) is 0.0769. The molecule has 0 atom stereocenters. The van der Waals surface area contributed by atoms with Gasteiger partial charge in [0.05, 0.1) is 21.5 Å². The number of thioether (sulfide) groups is 1. The molecule has 1 aliphatic heterocycles. The Labute approximate surface area is 219 Å². The summed E-state index contributed by atoms with van der Waals surface area (Å²) in [7, 11) is 0. The predicted molar refractivity (Wildman–Crippen MR) is 143 cm³/mol. The second kappa shape index (κ2) is 9.62. The number of carbonyl (C=O) groups excluding carboxylic acids is 2. The zero-order valence-corrected chi connectivity index (χ0v) is 21.6. The van der Waals surface area contributed by atoms with Crippen LogP contribution in [0.2, 0.25) is 10.0 Å². The fourth-order valence-corrected chi connectivity index (χ4v) is 5.32. The maximum absolute atomic E-state index is 13.1. The molecule has 34 heavy (non-hydrogen) atoms. The number of hydrogen-bond donors (Lipinski definition) is 0. The van der Waals surface area contributed by atoms with Crippen LogP contribution in [0.15, 0.2) is 82.3 Å². The van der Waals surface area contributed by atoms with Gasteiger partial charge in [0.1, 0.15) is 0 Å². The van der Waals surface area contributed by atoms with Crippen LogP contribution in [0.1, 0.15) is 16.7 Å². The van der Waals surface area contributed by atoms with Crippen molar-refractivity contribution >= 4 is 79.0 Å². The van der Waals surface area contributed by atoms with Gasteiger partial charge in [-0.1, -0.05) is 75.5 Å². The number of nitrogens with zero attached hydrogens (tertiary/aromatic N) is 2. The number of rotatable bonds is 5. The minimum Gasteiger partial charge on any atom is -0.342 e. The van der Waals surface area contributed by atoms with E-state index in [1.807, 2.05) is 66.9 Å². The molecule has 1 saturated heterocycles. The smallest absolute Gasteiger partial charge is 0.293 e. The highest BCUT2D eigenvalue weighted by Crippen LogP contribution is 2.35. The Morgan fingerprint density at radius 2 is 1.62 bits per heavy atom. The number of benzene rings is 3. The number of aromatic nitrogens is 1. The first-order valence-corrected chi connectivity index (χ1v) is 12.8. The van der Waals surface area contributed by atoms with Gasteiger partial charge in [-0.15, -0.1) is 0 Å². The number of fused-ring (bicyclic) bond motifs is 1. The van der Waals surface area contributed by atoms with Gasteiger partial charge in [0.15, 0.2) is 0 Å². The minimum absolute atomic E-state index is 0.244. The molecule has 8 heteroatoms. The second-order valence-corrected chi connectivity index (χ2v) is 10.6. The molecule has 4 aromatic rings. The molecule has 0 bridgehead atoms. The van der Waals surface area contributed by atoms with E-state index < -0.39 is 0 Å². The lowest BCUT2D eigenvalue weighted by Crippen LogP contribution is -2.27. The van der Waals surface area contributed by atoms with Gasteiger partial charge >= 0.3 is 0 Å². The van der Waals surface area contributed by atoms with E-state index >= 15 is 0 Å². The minimum atomic E-state index is -0.278. The summed E-state index contributed by atoms with van der Waals surface area (Å²) < 4.78 is 3.05. The normalized spacial score (nSPS) is 15.1. The van der Waals surface area contributed by atoms with Crippen molar-refractivity contribution in [1.82, 2.24) is 9.47 Å². The summed E-state index contributed by atoms with van der Waals surface area (Å²) in [5.41, 5.74) is 3.81. The first-order chi connectivity index (χ1) is 16.4. The number of halogens is 3. The van der Waals surface area contributed by atoms with Crippen LogP contribution in [-0.4, -0.2) is 20.6 Å². The lowest BCUT2D eigenvalue weighted by atomic mass is 10.1. The molecule has 0 spiro atoms. The van der Waals surface area contributed by atoms with Gasteiger partial charge in [-0.05, 0) is 59.3 Å². The Hall–Kier alpha value is -2.51. The van der Waals surface area contributed by atoms with Crippen LogP contribution in [0.25, 0.3) is 17.0 Å². The maximum Gasteiger partial charge on any atom is 0.293 e. The first-order valence-electron chi connectivity index (χ1n) is 10.4. The van der Waals surface area contributed by atoms with Crippen molar-refractivity contribution in [3.05, 3.63) is 109 Å². The van der Waals surface area contributed by atoms with E-state index in [0.717, 1.165) is 43.8 Å². The molecule has 0 N–H and O–H groups in total. The van der Waals surface area contributed by atoms with Gasteiger partial charge in [-0.2, -0.15) is 0 Å². The zero-order valence-electron chi connectivity index (χ0n) is 17.7. The highest BCUT2D eigenvalue weighted by Gasteiger charge is 2.35. The SMILES string of the molecule is O=C1S/C(=C\c2cn(Cc3ccc(Cl)c(Cl)c3)c3ccccc23)C(=O)N1Cc1ccc(Br)cc1. The van der Waals surface area contributed by atoms with Crippen molar-refractivity contribution < 1.29 is 9.59 Å². The van der Waals surface area contributed by atoms with E-state index in [9.17, 15) is 9.59 Å². The third-order valence-electron chi connectivity index (χ3n) is 5.57. The number of hydrogen-bond acceptors (Lipinski definition) is 3. The molecule has 0 saturated carbocycles. The molecule has 4 nitrogen and oxygen atoms in total. The summed E-state index contributed by atoms with van der Waals surface area (Å²) in [6.07, 6.45) is 3.80. The van der Waals surface area contributed by atoms with Crippen molar-refractivity contribution in [3.8, 4) is 0 Å². The molecule has 1 aromatic heterocycles. The maximum atomic E-state index is 13.1. The second-order valence-electron chi connectivity index (χ2n) is 7.87. The molecule has 2 amide bonds. The van der Waals surface area contributed by atoms with Crippen molar-refractivity contribution in [2.45, 2.75) is 13.1 Å². The Morgan fingerprint density at radius 3 is 2.38 bits per heavy atom. The summed E-state index contributed by atoms with van der Waals surface area (Å²) in [5.74, 6) is -0.278. The third-order valence-corrected chi connectivity index (χ3v) is 7.75. The van der Waals surface area contributed by atoms with Gasteiger partial charge in [0.25, 0.3) is 11.1 Å². The van der Waals surface area contributed by atoms with Crippen molar-refractivity contribution in [1.29, 1.82) is 0 Å². The summed E-state index contributed by atoms with van der Waals surface area (Å²) in [6, 6.07) is 21.1. The lowest BCUT2D eigenvalue weighted by molar-refractivity contribution is -0.123. The number of amides is 2. The Morgan fingerprint density at radius 1 is 0.882 bits per heavy atom. The van der Waals surface area contributed by atoms with Crippen LogP contribution in [0.5, 0.6) is 0 Å². The largest absolute Gasteiger partial charge is 0.342 e. The fourth-order valence-electron chi connectivity index (χ4n) is 3.91. The quantitative estimate of drug-likeness (QED) is 0.228. The number of para-hydroxylation sites is 1.